The number of aryl methyl sites for hydroxylation is 1. The molecule has 2 aliphatic rings. The van der Waals surface area contributed by atoms with E-state index in [2.05, 4.69) is 50.2 Å². The van der Waals surface area contributed by atoms with E-state index in [0.717, 1.165) is 45.9 Å². The minimum atomic E-state index is 0.543. The van der Waals surface area contributed by atoms with Crippen LogP contribution < -0.4 is 10.2 Å². The van der Waals surface area contributed by atoms with Crippen molar-refractivity contribution in [3.63, 3.8) is 0 Å². The molecule has 0 radical (unpaired) electrons. The van der Waals surface area contributed by atoms with Crippen LogP contribution in [0, 0.1) is 0 Å². The number of nitrogens with zero attached hydrogens (tertiary/aromatic N) is 3. The average Bonchev–Trinajstić information content (AvgIpc) is 3.13. The first-order valence-corrected chi connectivity index (χ1v) is 9.03. The number of anilines is 1. The number of aromatic nitrogens is 2. The lowest BCUT2D eigenvalue weighted by Gasteiger charge is -2.29. The number of imidazole rings is 1. The van der Waals surface area contributed by atoms with E-state index >= 15 is 0 Å². The minimum Gasteiger partial charge on any atom is -0.378 e. The molecule has 1 unspecified atom stereocenters. The Hall–Kier alpha value is -1.85. The summed E-state index contributed by atoms with van der Waals surface area (Å²) in [6.45, 7) is 6.69. The molecule has 24 heavy (non-hydrogen) atoms. The molecule has 0 bridgehead atoms. The molecule has 1 N–H and O–H groups in total. The zero-order valence-corrected chi connectivity index (χ0v) is 14.2. The van der Waals surface area contributed by atoms with Gasteiger partial charge in [0, 0.05) is 56.7 Å². The van der Waals surface area contributed by atoms with Crippen LogP contribution in [-0.4, -0.2) is 42.4 Å². The standard InChI is InChI=1S/C19H26N4O/c1-2-17(19-21-7-9-23(19)8-1)15-20-14-16-3-5-18(6-4-16)22-10-12-24-13-11-22/h3-7,9,17,20H,1-2,8,10-15H2. The summed E-state index contributed by atoms with van der Waals surface area (Å²) in [5.74, 6) is 1.79. The van der Waals surface area contributed by atoms with E-state index in [4.69, 9.17) is 4.74 Å². The Balaban J connectivity index is 1.29. The summed E-state index contributed by atoms with van der Waals surface area (Å²) in [4.78, 5) is 6.93. The fraction of sp³-hybridized carbons (Fsp3) is 0.526. The number of fused-ring (bicyclic) bond motifs is 1. The van der Waals surface area contributed by atoms with Gasteiger partial charge in [0.15, 0.2) is 0 Å². The Morgan fingerprint density at radius 2 is 1.96 bits per heavy atom. The van der Waals surface area contributed by atoms with Gasteiger partial charge in [-0.25, -0.2) is 4.98 Å². The Morgan fingerprint density at radius 3 is 2.79 bits per heavy atom. The Bertz CT molecular complexity index is 646. The van der Waals surface area contributed by atoms with E-state index in [1.54, 1.807) is 0 Å². The molecule has 3 heterocycles. The lowest BCUT2D eigenvalue weighted by molar-refractivity contribution is 0.122. The second-order valence-electron chi connectivity index (χ2n) is 6.71. The summed E-state index contributed by atoms with van der Waals surface area (Å²) in [7, 11) is 0. The second-order valence-corrected chi connectivity index (χ2v) is 6.71. The molecule has 0 spiro atoms. The number of ether oxygens (including phenoxy) is 1. The number of hydrogen-bond acceptors (Lipinski definition) is 4. The maximum atomic E-state index is 5.42. The number of nitrogens with one attached hydrogen (secondary N) is 1. The predicted molar refractivity (Wildman–Crippen MR) is 95.4 cm³/mol. The molecule has 1 fully saturated rings. The number of benzene rings is 1. The minimum absolute atomic E-state index is 0.543. The van der Waals surface area contributed by atoms with Crippen LogP contribution in [0.25, 0.3) is 0 Å². The molecular formula is C19H26N4O. The van der Waals surface area contributed by atoms with Gasteiger partial charge in [0.25, 0.3) is 0 Å². The van der Waals surface area contributed by atoms with Crippen molar-refractivity contribution in [1.29, 1.82) is 0 Å². The molecule has 1 aromatic carbocycles. The van der Waals surface area contributed by atoms with E-state index in [0.29, 0.717) is 5.92 Å². The molecule has 0 amide bonds. The summed E-state index contributed by atoms with van der Waals surface area (Å²) in [5, 5.41) is 3.61. The Labute approximate surface area is 143 Å². The molecule has 0 aliphatic carbocycles. The SMILES string of the molecule is c1cn2c(n1)C(CNCc1ccc(N3CCOCC3)cc1)CCC2. The summed E-state index contributed by atoms with van der Waals surface area (Å²) in [6, 6.07) is 8.94. The van der Waals surface area contributed by atoms with Crippen LogP contribution in [0.4, 0.5) is 5.69 Å². The van der Waals surface area contributed by atoms with Crippen molar-refractivity contribution in [2.75, 3.05) is 37.7 Å². The molecule has 0 saturated carbocycles. The number of rotatable bonds is 5. The van der Waals surface area contributed by atoms with E-state index in [-0.39, 0.29) is 0 Å². The van der Waals surface area contributed by atoms with Crippen LogP contribution in [0.1, 0.15) is 30.1 Å². The number of morpholine rings is 1. The van der Waals surface area contributed by atoms with Crippen LogP contribution in [-0.2, 0) is 17.8 Å². The van der Waals surface area contributed by atoms with Gasteiger partial charge in [-0.15, -0.1) is 0 Å². The van der Waals surface area contributed by atoms with Crippen molar-refractivity contribution in [3.05, 3.63) is 48.0 Å². The highest BCUT2D eigenvalue weighted by Crippen LogP contribution is 2.25. The Morgan fingerprint density at radius 1 is 1.12 bits per heavy atom. The molecule has 1 aromatic heterocycles. The van der Waals surface area contributed by atoms with Gasteiger partial charge in [0.05, 0.1) is 13.2 Å². The highest BCUT2D eigenvalue weighted by atomic mass is 16.5. The maximum absolute atomic E-state index is 5.42. The van der Waals surface area contributed by atoms with Crippen molar-refractivity contribution in [2.45, 2.75) is 31.8 Å². The lowest BCUT2D eigenvalue weighted by Crippen LogP contribution is -2.36. The van der Waals surface area contributed by atoms with Crippen molar-refractivity contribution in [2.24, 2.45) is 0 Å². The monoisotopic (exact) mass is 326 g/mol. The van der Waals surface area contributed by atoms with Gasteiger partial charge in [-0.05, 0) is 30.5 Å². The molecule has 2 aromatic rings. The van der Waals surface area contributed by atoms with Gasteiger partial charge in [-0.1, -0.05) is 12.1 Å². The van der Waals surface area contributed by atoms with Crippen molar-refractivity contribution in [1.82, 2.24) is 14.9 Å². The van der Waals surface area contributed by atoms with Gasteiger partial charge < -0.3 is 19.5 Å². The van der Waals surface area contributed by atoms with E-state index in [9.17, 15) is 0 Å². The summed E-state index contributed by atoms with van der Waals surface area (Å²) >= 11 is 0. The molecule has 128 valence electrons. The quantitative estimate of drug-likeness (QED) is 0.916. The summed E-state index contributed by atoms with van der Waals surface area (Å²) in [6.07, 6.45) is 6.52. The van der Waals surface area contributed by atoms with Gasteiger partial charge in [0.1, 0.15) is 5.82 Å². The van der Waals surface area contributed by atoms with Crippen LogP contribution in [0.5, 0.6) is 0 Å². The molecular weight excluding hydrogens is 300 g/mol. The van der Waals surface area contributed by atoms with Gasteiger partial charge in [-0.3, -0.25) is 0 Å². The number of hydrogen-bond donors (Lipinski definition) is 1. The van der Waals surface area contributed by atoms with Crippen LogP contribution in [0.3, 0.4) is 0 Å². The Kier molecular flexibility index (Phi) is 4.81. The van der Waals surface area contributed by atoms with Crippen molar-refractivity contribution < 1.29 is 4.74 Å². The van der Waals surface area contributed by atoms with Gasteiger partial charge in [-0.2, -0.15) is 0 Å². The normalized spacial score (nSPS) is 20.8. The largest absolute Gasteiger partial charge is 0.378 e. The zero-order valence-electron chi connectivity index (χ0n) is 14.2. The lowest BCUT2D eigenvalue weighted by atomic mass is 9.99. The van der Waals surface area contributed by atoms with Crippen LogP contribution in [0.2, 0.25) is 0 Å². The third kappa shape index (κ3) is 3.47. The molecule has 4 rings (SSSR count). The third-order valence-electron chi connectivity index (χ3n) is 5.10. The molecule has 1 saturated heterocycles. The molecule has 1 atom stereocenters. The predicted octanol–water partition coefficient (Wildman–Crippen LogP) is 2.39. The topological polar surface area (TPSA) is 42.3 Å². The summed E-state index contributed by atoms with van der Waals surface area (Å²) < 4.78 is 7.71. The van der Waals surface area contributed by atoms with Crippen LogP contribution in [0.15, 0.2) is 36.7 Å². The van der Waals surface area contributed by atoms with Crippen LogP contribution >= 0.6 is 0 Å². The first kappa shape index (κ1) is 15.7. The second kappa shape index (κ2) is 7.36. The fourth-order valence-corrected chi connectivity index (χ4v) is 3.74. The molecule has 2 aliphatic heterocycles. The maximum Gasteiger partial charge on any atom is 0.113 e. The highest BCUT2D eigenvalue weighted by Gasteiger charge is 2.20. The zero-order chi connectivity index (χ0) is 16.2. The first-order chi connectivity index (χ1) is 11.9. The summed E-state index contributed by atoms with van der Waals surface area (Å²) in [5.41, 5.74) is 2.64. The molecule has 5 nitrogen and oxygen atoms in total. The van der Waals surface area contributed by atoms with Gasteiger partial charge >= 0.3 is 0 Å². The average molecular weight is 326 g/mol. The van der Waals surface area contributed by atoms with Gasteiger partial charge in [0.2, 0.25) is 0 Å². The highest BCUT2D eigenvalue weighted by molar-refractivity contribution is 5.47. The van der Waals surface area contributed by atoms with Crippen molar-refractivity contribution >= 4 is 5.69 Å². The van der Waals surface area contributed by atoms with E-state index in [1.807, 2.05) is 6.20 Å². The molecule has 5 heteroatoms. The smallest absolute Gasteiger partial charge is 0.113 e. The first-order valence-electron chi connectivity index (χ1n) is 9.03. The van der Waals surface area contributed by atoms with Crippen molar-refractivity contribution in [3.8, 4) is 0 Å². The van der Waals surface area contributed by atoms with E-state index < -0.39 is 0 Å². The fourth-order valence-electron chi connectivity index (χ4n) is 3.74. The third-order valence-corrected chi connectivity index (χ3v) is 5.10. The van der Waals surface area contributed by atoms with E-state index in [1.165, 1.54) is 29.9 Å².